The fourth-order valence-corrected chi connectivity index (χ4v) is 1.48. The molecule has 0 saturated heterocycles. The molecular formula is C11H16O2. The zero-order chi connectivity index (χ0) is 9.84. The van der Waals surface area contributed by atoms with E-state index in [0.29, 0.717) is 6.42 Å². The number of aliphatic hydroxyl groups excluding tert-OH is 2. The number of aliphatic hydroxyl groups is 2. The van der Waals surface area contributed by atoms with Gasteiger partial charge in [0.2, 0.25) is 0 Å². The first-order valence-electron chi connectivity index (χ1n) is 4.51. The van der Waals surface area contributed by atoms with Gasteiger partial charge in [-0.1, -0.05) is 23.8 Å². The average Bonchev–Trinajstić information content (AvgIpc) is 2.04. The second kappa shape index (κ2) is 4.40. The van der Waals surface area contributed by atoms with E-state index < -0.39 is 6.10 Å². The largest absolute Gasteiger partial charge is 0.396 e. The highest BCUT2D eigenvalue weighted by molar-refractivity contribution is 5.31. The molecule has 0 radical (unpaired) electrons. The maximum absolute atomic E-state index is 9.63. The summed E-state index contributed by atoms with van der Waals surface area (Å²) in [5.41, 5.74) is 3.19. The van der Waals surface area contributed by atoms with Gasteiger partial charge in [-0.05, 0) is 25.0 Å². The van der Waals surface area contributed by atoms with Crippen molar-refractivity contribution in [3.05, 3.63) is 34.9 Å². The summed E-state index contributed by atoms with van der Waals surface area (Å²) >= 11 is 0. The molecule has 0 heterocycles. The van der Waals surface area contributed by atoms with E-state index in [-0.39, 0.29) is 6.61 Å². The van der Waals surface area contributed by atoms with Gasteiger partial charge in [-0.3, -0.25) is 0 Å². The van der Waals surface area contributed by atoms with Crippen LogP contribution in [0.25, 0.3) is 0 Å². The molecular weight excluding hydrogens is 164 g/mol. The van der Waals surface area contributed by atoms with Gasteiger partial charge in [0.15, 0.2) is 0 Å². The van der Waals surface area contributed by atoms with Crippen LogP contribution < -0.4 is 0 Å². The van der Waals surface area contributed by atoms with Crippen LogP contribution in [0.4, 0.5) is 0 Å². The van der Waals surface area contributed by atoms with Gasteiger partial charge >= 0.3 is 0 Å². The number of benzene rings is 1. The fourth-order valence-electron chi connectivity index (χ4n) is 1.48. The van der Waals surface area contributed by atoms with Gasteiger partial charge in [0.25, 0.3) is 0 Å². The van der Waals surface area contributed by atoms with Crippen molar-refractivity contribution in [2.75, 3.05) is 6.61 Å². The van der Waals surface area contributed by atoms with Crippen LogP contribution in [0.2, 0.25) is 0 Å². The first-order chi connectivity index (χ1) is 6.15. The van der Waals surface area contributed by atoms with Gasteiger partial charge in [0.1, 0.15) is 0 Å². The van der Waals surface area contributed by atoms with E-state index in [4.69, 9.17) is 5.11 Å². The van der Waals surface area contributed by atoms with Crippen molar-refractivity contribution < 1.29 is 10.2 Å². The Balaban J connectivity index is 2.88. The van der Waals surface area contributed by atoms with E-state index in [9.17, 15) is 5.11 Å². The molecule has 0 bridgehead atoms. The molecule has 0 amide bonds. The summed E-state index contributed by atoms with van der Waals surface area (Å²) in [7, 11) is 0. The third-order valence-electron chi connectivity index (χ3n) is 2.19. The second-order valence-electron chi connectivity index (χ2n) is 3.39. The van der Waals surface area contributed by atoms with E-state index in [1.54, 1.807) is 0 Å². The van der Waals surface area contributed by atoms with Crippen molar-refractivity contribution in [1.29, 1.82) is 0 Å². The van der Waals surface area contributed by atoms with Crippen molar-refractivity contribution in [3.63, 3.8) is 0 Å². The van der Waals surface area contributed by atoms with Gasteiger partial charge in [-0.25, -0.2) is 0 Å². The molecule has 1 aromatic rings. The minimum Gasteiger partial charge on any atom is -0.396 e. The number of hydrogen-bond donors (Lipinski definition) is 2. The number of aryl methyl sites for hydroxylation is 2. The van der Waals surface area contributed by atoms with E-state index in [0.717, 1.165) is 11.1 Å². The van der Waals surface area contributed by atoms with Gasteiger partial charge in [-0.2, -0.15) is 0 Å². The fraction of sp³-hybridized carbons (Fsp3) is 0.455. The molecule has 0 aromatic heterocycles. The average molecular weight is 180 g/mol. The van der Waals surface area contributed by atoms with Crippen LogP contribution in [0.5, 0.6) is 0 Å². The van der Waals surface area contributed by atoms with Crippen molar-refractivity contribution in [1.82, 2.24) is 0 Å². The SMILES string of the molecule is Cc1ccc(C(O)CCO)c(C)c1. The molecule has 0 spiro atoms. The molecule has 1 rings (SSSR count). The maximum atomic E-state index is 9.63. The van der Waals surface area contributed by atoms with E-state index in [1.165, 1.54) is 5.56 Å². The van der Waals surface area contributed by atoms with Crippen LogP contribution >= 0.6 is 0 Å². The van der Waals surface area contributed by atoms with E-state index >= 15 is 0 Å². The Morgan fingerprint density at radius 2 is 2.00 bits per heavy atom. The number of rotatable bonds is 3. The Kier molecular flexibility index (Phi) is 3.46. The predicted molar refractivity (Wildman–Crippen MR) is 52.6 cm³/mol. The van der Waals surface area contributed by atoms with Gasteiger partial charge in [-0.15, -0.1) is 0 Å². The summed E-state index contributed by atoms with van der Waals surface area (Å²) in [5.74, 6) is 0. The third kappa shape index (κ3) is 2.54. The van der Waals surface area contributed by atoms with Crippen LogP contribution in [0, 0.1) is 13.8 Å². The normalized spacial score (nSPS) is 12.9. The summed E-state index contributed by atoms with van der Waals surface area (Å²) in [4.78, 5) is 0. The Morgan fingerprint density at radius 1 is 1.31 bits per heavy atom. The van der Waals surface area contributed by atoms with Crippen LogP contribution in [0.1, 0.15) is 29.2 Å². The summed E-state index contributed by atoms with van der Waals surface area (Å²) < 4.78 is 0. The quantitative estimate of drug-likeness (QED) is 0.743. The molecule has 2 N–H and O–H groups in total. The summed E-state index contributed by atoms with van der Waals surface area (Å²) in [6.45, 7) is 4.02. The zero-order valence-electron chi connectivity index (χ0n) is 8.12. The minimum absolute atomic E-state index is 0.0223. The summed E-state index contributed by atoms with van der Waals surface area (Å²) in [6.07, 6.45) is -0.130. The molecule has 72 valence electrons. The Hall–Kier alpha value is -0.860. The molecule has 0 aliphatic heterocycles. The molecule has 0 saturated carbocycles. The lowest BCUT2D eigenvalue weighted by Gasteiger charge is -2.12. The Morgan fingerprint density at radius 3 is 2.54 bits per heavy atom. The molecule has 2 heteroatoms. The molecule has 2 nitrogen and oxygen atoms in total. The standard InChI is InChI=1S/C11H16O2/c1-8-3-4-10(9(2)7-8)11(13)5-6-12/h3-4,7,11-13H,5-6H2,1-2H3. The van der Waals surface area contributed by atoms with Crippen molar-refractivity contribution in [3.8, 4) is 0 Å². The highest BCUT2D eigenvalue weighted by atomic mass is 16.3. The molecule has 1 unspecified atom stereocenters. The third-order valence-corrected chi connectivity index (χ3v) is 2.19. The van der Waals surface area contributed by atoms with Gasteiger partial charge in [0, 0.05) is 13.0 Å². The van der Waals surface area contributed by atoms with E-state index in [2.05, 4.69) is 0 Å². The minimum atomic E-state index is -0.536. The van der Waals surface area contributed by atoms with Crippen LogP contribution in [-0.4, -0.2) is 16.8 Å². The molecule has 13 heavy (non-hydrogen) atoms. The van der Waals surface area contributed by atoms with Crippen molar-refractivity contribution >= 4 is 0 Å². The first kappa shape index (κ1) is 10.2. The molecule has 1 atom stereocenters. The van der Waals surface area contributed by atoms with Crippen LogP contribution in [-0.2, 0) is 0 Å². The van der Waals surface area contributed by atoms with Crippen LogP contribution in [0.3, 0.4) is 0 Å². The van der Waals surface area contributed by atoms with E-state index in [1.807, 2.05) is 32.0 Å². The number of hydrogen-bond acceptors (Lipinski definition) is 2. The Bertz CT molecular complexity index is 281. The van der Waals surface area contributed by atoms with Crippen LogP contribution in [0.15, 0.2) is 18.2 Å². The smallest absolute Gasteiger partial charge is 0.0814 e. The topological polar surface area (TPSA) is 40.5 Å². The maximum Gasteiger partial charge on any atom is 0.0814 e. The van der Waals surface area contributed by atoms with Gasteiger partial charge in [0.05, 0.1) is 6.10 Å². The molecule has 0 aliphatic rings. The zero-order valence-corrected chi connectivity index (χ0v) is 8.12. The Labute approximate surface area is 78.8 Å². The summed E-state index contributed by atoms with van der Waals surface area (Å²) in [5, 5.41) is 18.3. The lowest BCUT2D eigenvalue weighted by Crippen LogP contribution is -2.02. The lowest BCUT2D eigenvalue weighted by atomic mass is 9.99. The lowest BCUT2D eigenvalue weighted by molar-refractivity contribution is 0.134. The molecule has 0 fully saturated rings. The molecule has 1 aromatic carbocycles. The molecule has 0 aliphatic carbocycles. The second-order valence-corrected chi connectivity index (χ2v) is 3.39. The highest BCUT2D eigenvalue weighted by Crippen LogP contribution is 2.20. The monoisotopic (exact) mass is 180 g/mol. The predicted octanol–water partition coefficient (Wildman–Crippen LogP) is 1.72. The van der Waals surface area contributed by atoms with Crippen molar-refractivity contribution in [2.45, 2.75) is 26.4 Å². The van der Waals surface area contributed by atoms with Crippen molar-refractivity contribution in [2.24, 2.45) is 0 Å². The van der Waals surface area contributed by atoms with Gasteiger partial charge < -0.3 is 10.2 Å². The first-order valence-corrected chi connectivity index (χ1v) is 4.51. The summed E-state index contributed by atoms with van der Waals surface area (Å²) in [6, 6.07) is 5.93. The highest BCUT2D eigenvalue weighted by Gasteiger charge is 2.08.